The normalized spacial score (nSPS) is 16.0. The fourth-order valence-corrected chi connectivity index (χ4v) is 2.99. The molecule has 0 aliphatic carbocycles. The van der Waals surface area contributed by atoms with Gasteiger partial charge >= 0.3 is 6.09 Å². The van der Waals surface area contributed by atoms with Gasteiger partial charge in [-0.2, -0.15) is 0 Å². The van der Waals surface area contributed by atoms with Gasteiger partial charge < -0.3 is 24.4 Å². The highest BCUT2D eigenvalue weighted by Gasteiger charge is 2.27. The molecule has 1 unspecified atom stereocenters. The molecule has 0 radical (unpaired) electrons. The fraction of sp³-hybridized carbons (Fsp3) is 0.524. The van der Waals surface area contributed by atoms with Crippen molar-refractivity contribution in [1.29, 1.82) is 0 Å². The zero-order chi connectivity index (χ0) is 21.2. The van der Waals surface area contributed by atoms with Crippen molar-refractivity contribution in [3.8, 4) is 5.75 Å². The Bertz CT molecular complexity index is 710. The lowest BCUT2D eigenvalue weighted by Crippen LogP contribution is -2.34. The predicted octanol–water partition coefficient (Wildman–Crippen LogP) is 2.86. The van der Waals surface area contributed by atoms with Gasteiger partial charge in [-0.3, -0.25) is 4.79 Å². The summed E-state index contributed by atoms with van der Waals surface area (Å²) >= 11 is 0. The number of ether oxygens (including phenoxy) is 3. The van der Waals surface area contributed by atoms with Crippen LogP contribution < -0.4 is 10.1 Å². The van der Waals surface area contributed by atoms with E-state index in [4.69, 9.17) is 14.2 Å². The van der Waals surface area contributed by atoms with Crippen molar-refractivity contribution in [2.24, 2.45) is 0 Å². The van der Waals surface area contributed by atoms with E-state index in [0.717, 1.165) is 5.56 Å². The summed E-state index contributed by atoms with van der Waals surface area (Å²) in [5.74, 6) is 0.243. The van der Waals surface area contributed by atoms with Crippen molar-refractivity contribution in [1.82, 2.24) is 10.2 Å². The van der Waals surface area contributed by atoms with Gasteiger partial charge in [0.05, 0.1) is 19.8 Å². The Morgan fingerprint density at radius 1 is 1.34 bits per heavy atom. The van der Waals surface area contributed by atoms with Crippen LogP contribution in [0.2, 0.25) is 0 Å². The summed E-state index contributed by atoms with van der Waals surface area (Å²) in [5, 5.41) is 2.61. The molecular weight excluding hydrogens is 379 g/mol. The molecule has 1 aliphatic heterocycles. The molecule has 1 aliphatic rings. The second-order valence-electron chi connectivity index (χ2n) is 7.03. The maximum Gasteiger partial charge on any atom is 0.407 e. The second kappa shape index (κ2) is 11.4. The number of nitrogens with one attached hydrogen (secondary N) is 1. The van der Waals surface area contributed by atoms with Crippen molar-refractivity contribution >= 4 is 12.0 Å². The minimum Gasteiger partial charge on any atom is -0.491 e. The van der Waals surface area contributed by atoms with E-state index in [2.05, 4.69) is 11.9 Å². The maximum atomic E-state index is 13.4. The number of likely N-dealkylation sites (tertiary alicyclic amines) is 1. The van der Waals surface area contributed by atoms with Crippen LogP contribution in [0.3, 0.4) is 0 Å². The second-order valence-corrected chi connectivity index (χ2v) is 7.03. The van der Waals surface area contributed by atoms with Crippen molar-refractivity contribution in [3.05, 3.63) is 42.2 Å². The third-order valence-corrected chi connectivity index (χ3v) is 4.50. The van der Waals surface area contributed by atoms with Crippen LogP contribution in [-0.4, -0.2) is 62.5 Å². The molecule has 1 aromatic rings. The first-order valence-electron chi connectivity index (χ1n) is 9.76. The number of halogens is 1. The van der Waals surface area contributed by atoms with E-state index in [9.17, 15) is 14.0 Å². The summed E-state index contributed by atoms with van der Waals surface area (Å²) in [6.07, 6.45) is 1.01. The SMILES string of the molecule is C=CC(=O)N1CCC(OC(=O)NCCOCCOc2cc(F)ccc2C(C)C)C1. The summed E-state index contributed by atoms with van der Waals surface area (Å²) in [5.41, 5.74) is 0.941. The van der Waals surface area contributed by atoms with E-state index in [-0.39, 0.29) is 36.9 Å². The lowest BCUT2D eigenvalue weighted by molar-refractivity contribution is -0.125. The maximum absolute atomic E-state index is 13.4. The Morgan fingerprint density at radius 3 is 2.86 bits per heavy atom. The highest BCUT2D eigenvalue weighted by molar-refractivity contribution is 5.87. The van der Waals surface area contributed by atoms with Crippen LogP contribution in [0, 0.1) is 5.82 Å². The number of nitrogens with zero attached hydrogens (tertiary/aromatic N) is 1. The highest BCUT2D eigenvalue weighted by Crippen LogP contribution is 2.27. The third-order valence-electron chi connectivity index (χ3n) is 4.50. The lowest BCUT2D eigenvalue weighted by atomic mass is 10.0. The largest absolute Gasteiger partial charge is 0.491 e. The first-order chi connectivity index (χ1) is 13.9. The first-order valence-corrected chi connectivity index (χ1v) is 9.76. The molecule has 1 N–H and O–H groups in total. The number of hydrogen-bond donors (Lipinski definition) is 1. The van der Waals surface area contributed by atoms with E-state index in [1.807, 2.05) is 13.8 Å². The Morgan fingerprint density at radius 2 is 2.14 bits per heavy atom. The number of alkyl carbamates (subject to hydrolysis) is 1. The molecule has 1 heterocycles. The average molecular weight is 408 g/mol. The molecule has 2 amide bonds. The predicted molar refractivity (Wildman–Crippen MR) is 106 cm³/mol. The summed E-state index contributed by atoms with van der Waals surface area (Å²) in [7, 11) is 0. The Kier molecular flexibility index (Phi) is 8.92. The Hall–Kier alpha value is -2.61. The van der Waals surface area contributed by atoms with Gasteiger partial charge in [-0.05, 0) is 23.6 Å². The van der Waals surface area contributed by atoms with E-state index in [1.165, 1.54) is 18.2 Å². The molecular formula is C21H29FN2O5. The van der Waals surface area contributed by atoms with Crippen LogP contribution in [0.1, 0.15) is 31.7 Å². The van der Waals surface area contributed by atoms with Gasteiger partial charge in [0.2, 0.25) is 5.91 Å². The van der Waals surface area contributed by atoms with Crippen LogP contribution in [0.4, 0.5) is 9.18 Å². The summed E-state index contributed by atoms with van der Waals surface area (Å²) in [6.45, 7) is 9.58. The summed E-state index contributed by atoms with van der Waals surface area (Å²) in [4.78, 5) is 24.9. The molecule has 1 aromatic carbocycles. The average Bonchev–Trinajstić information content (AvgIpc) is 3.14. The molecule has 0 aromatic heterocycles. The van der Waals surface area contributed by atoms with Gasteiger partial charge in [0, 0.05) is 25.6 Å². The molecule has 7 nitrogen and oxygen atoms in total. The van der Waals surface area contributed by atoms with Gasteiger partial charge in [-0.15, -0.1) is 0 Å². The molecule has 160 valence electrons. The number of hydrogen-bond acceptors (Lipinski definition) is 5. The molecule has 29 heavy (non-hydrogen) atoms. The quantitative estimate of drug-likeness (QED) is 0.476. The van der Waals surface area contributed by atoms with Gasteiger partial charge in [-0.1, -0.05) is 26.5 Å². The molecule has 0 spiro atoms. The topological polar surface area (TPSA) is 77.1 Å². The molecule has 2 rings (SSSR count). The first kappa shape index (κ1) is 22.7. The number of benzene rings is 1. The van der Waals surface area contributed by atoms with Crippen LogP contribution in [0.25, 0.3) is 0 Å². The highest BCUT2D eigenvalue weighted by atomic mass is 19.1. The Labute approximate surface area is 170 Å². The van der Waals surface area contributed by atoms with E-state index in [0.29, 0.717) is 38.5 Å². The molecule has 0 saturated carbocycles. The number of carbonyl (C=O) groups excluding carboxylic acids is 2. The van der Waals surface area contributed by atoms with Crippen molar-refractivity contribution < 1.29 is 28.2 Å². The van der Waals surface area contributed by atoms with E-state index in [1.54, 1.807) is 11.0 Å². The van der Waals surface area contributed by atoms with Crippen molar-refractivity contribution in [2.45, 2.75) is 32.3 Å². The number of amides is 2. The van der Waals surface area contributed by atoms with E-state index >= 15 is 0 Å². The number of rotatable bonds is 10. The minimum atomic E-state index is -0.538. The van der Waals surface area contributed by atoms with Crippen LogP contribution in [-0.2, 0) is 14.3 Å². The Balaban J connectivity index is 1.56. The van der Waals surface area contributed by atoms with Gasteiger partial charge in [0.1, 0.15) is 24.3 Å². The molecule has 0 bridgehead atoms. The zero-order valence-electron chi connectivity index (χ0n) is 17.0. The standard InChI is InChI=1S/C21H29FN2O5/c1-4-20(25)24-9-7-17(14-24)29-21(26)23-8-10-27-11-12-28-19-13-16(22)5-6-18(19)15(2)3/h4-6,13,15,17H,1,7-12,14H2,2-3H3,(H,23,26). The van der Waals surface area contributed by atoms with Gasteiger partial charge in [0.15, 0.2) is 0 Å². The summed E-state index contributed by atoms with van der Waals surface area (Å²) < 4.78 is 29.7. The summed E-state index contributed by atoms with van der Waals surface area (Å²) in [6, 6.07) is 4.52. The molecule has 8 heteroatoms. The van der Waals surface area contributed by atoms with Crippen molar-refractivity contribution in [3.63, 3.8) is 0 Å². The third kappa shape index (κ3) is 7.38. The molecule has 1 fully saturated rings. The lowest BCUT2D eigenvalue weighted by Gasteiger charge is -2.15. The molecule has 1 saturated heterocycles. The smallest absolute Gasteiger partial charge is 0.407 e. The minimum absolute atomic E-state index is 0.161. The monoisotopic (exact) mass is 408 g/mol. The van der Waals surface area contributed by atoms with Gasteiger partial charge in [0.25, 0.3) is 0 Å². The van der Waals surface area contributed by atoms with Crippen molar-refractivity contribution in [2.75, 3.05) is 39.5 Å². The van der Waals surface area contributed by atoms with E-state index < -0.39 is 6.09 Å². The van der Waals surface area contributed by atoms with Gasteiger partial charge in [-0.25, -0.2) is 9.18 Å². The van der Waals surface area contributed by atoms with Crippen LogP contribution >= 0.6 is 0 Å². The van der Waals surface area contributed by atoms with Crippen LogP contribution in [0.5, 0.6) is 5.75 Å². The molecule has 1 atom stereocenters. The zero-order valence-corrected chi connectivity index (χ0v) is 17.0. The number of carbonyl (C=O) groups is 2. The van der Waals surface area contributed by atoms with Crippen LogP contribution in [0.15, 0.2) is 30.9 Å². The fourth-order valence-electron chi connectivity index (χ4n) is 2.99.